The summed E-state index contributed by atoms with van der Waals surface area (Å²) in [7, 11) is 0. The minimum Gasteiger partial charge on any atom is -0.463 e. The highest BCUT2D eigenvalue weighted by molar-refractivity contribution is 5.91. The van der Waals surface area contributed by atoms with Gasteiger partial charge in [-0.15, -0.1) is 5.10 Å². The fourth-order valence-corrected chi connectivity index (χ4v) is 2.98. The maximum Gasteiger partial charge on any atom is 0.416 e. The molecule has 0 saturated carbocycles. The largest absolute Gasteiger partial charge is 0.463 e. The Hall–Kier alpha value is -3.36. The molecule has 0 aliphatic carbocycles. The number of rotatable bonds is 7. The molecule has 1 N–H and O–H groups in total. The number of carbonyl (C=O) groups is 1. The number of nitrogens with zero attached hydrogens (tertiary/aromatic N) is 3. The van der Waals surface area contributed by atoms with E-state index >= 15 is 0 Å². The van der Waals surface area contributed by atoms with E-state index in [1.807, 2.05) is 13.8 Å². The highest BCUT2D eigenvalue weighted by atomic mass is 19.4. The summed E-state index contributed by atoms with van der Waals surface area (Å²) in [6, 6.07) is 11.8. The van der Waals surface area contributed by atoms with Crippen LogP contribution in [0.15, 0.2) is 48.5 Å². The van der Waals surface area contributed by atoms with Gasteiger partial charge in [0.05, 0.1) is 17.9 Å². The monoisotopic (exact) mass is 432 g/mol. The van der Waals surface area contributed by atoms with Gasteiger partial charge in [-0.1, -0.05) is 32.0 Å². The van der Waals surface area contributed by atoms with Gasteiger partial charge in [-0.25, -0.2) is 4.68 Å². The number of benzene rings is 2. The fourth-order valence-electron chi connectivity index (χ4n) is 2.98. The van der Waals surface area contributed by atoms with Crippen molar-refractivity contribution in [3.05, 3.63) is 54.1 Å². The summed E-state index contributed by atoms with van der Waals surface area (Å²) in [4.78, 5) is 16.4. The smallest absolute Gasteiger partial charge is 0.416 e. The molecule has 1 amide bonds. The Morgan fingerprint density at radius 2 is 1.90 bits per heavy atom. The Kier molecular flexibility index (Phi) is 6.62. The third-order valence-corrected chi connectivity index (χ3v) is 4.28. The standard InChI is InChI=1S/C22H23F3N4O2/c1-4-31-21-27-20(15-7-5-8-16(12-15)22(23,24)25)29(28-21)18-10-6-9-17(13-18)26-19(30)11-14(2)3/h5-10,12-14H,4,11H2,1-3H3,(H,26,30). The lowest BCUT2D eigenvalue weighted by Crippen LogP contribution is -2.14. The van der Waals surface area contributed by atoms with Gasteiger partial charge >= 0.3 is 12.2 Å². The van der Waals surface area contributed by atoms with Crippen LogP contribution >= 0.6 is 0 Å². The van der Waals surface area contributed by atoms with Crippen LogP contribution in [0.5, 0.6) is 6.01 Å². The van der Waals surface area contributed by atoms with Crippen LogP contribution < -0.4 is 10.1 Å². The lowest BCUT2D eigenvalue weighted by Gasteiger charge is -2.11. The second kappa shape index (κ2) is 9.20. The molecule has 0 atom stereocenters. The molecule has 1 heterocycles. The Morgan fingerprint density at radius 1 is 1.16 bits per heavy atom. The summed E-state index contributed by atoms with van der Waals surface area (Å²) in [6.45, 7) is 5.96. The van der Waals surface area contributed by atoms with Crippen molar-refractivity contribution in [2.24, 2.45) is 5.92 Å². The average Bonchev–Trinajstić information content (AvgIpc) is 3.11. The average molecular weight is 432 g/mol. The summed E-state index contributed by atoms with van der Waals surface area (Å²) in [6.07, 6.45) is -4.11. The second-order valence-corrected chi connectivity index (χ2v) is 7.34. The van der Waals surface area contributed by atoms with E-state index in [0.29, 0.717) is 24.4 Å². The summed E-state index contributed by atoms with van der Waals surface area (Å²) in [5.74, 6) is 0.277. The first-order chi connectivity index (χ1) is 14.7. The van der Waals surface area contributed by atoms with Crippen LogP contribution in [0, 0.1) is 5.92 Å². The van der Waals surface area contributed by atoms with Crippen molar-refractivity contribution in [3.8, 4) is 23.1 Å². The number of nitrogens with one attached hydrogen (secondary N) is 1. The topological polar surface area (TPSA) is 69.0 Å². The van der Waals surface area contributed by atoms with Gasteiger partial charge in [-0.3, -0.25) is 4.79 Å². The van der Waals surface area contributed by atoms with E-state index in [1.54, 1.807) is 31.2 Å². The summed E-state index contributed by atoms with van der Waals surface area (Å²) >= 11 is 0. The number of hydrogen-bond acceptors (Lipinski definition) is 4. The first-order valence-corrected chi connectivity index (χ1v) is 9.85. The van der Waals surface area contributed by atoms with Gasteiger partial charge in [0.2, 0.25) is 5.91 Å². The SMILES string of the molecule is CCOc1nc(-c2cccc(C(F)(F)F)c2)n(-c2cccc(NC(=O)CC(C)C)c2)n1. The molecule has 9 heteroatoms. The van der Waals surface area contributed by atoms with E-state index < -0.39 is 11.7 Å². The van der Waals surface area contributed by atoms with Crippen LogP contribution in [0.25, 0.3) is 17.1 Å². The van der Waals surface area contributed by atoms with Gasteiger partial charge in [-0.05, 0) is 43.2 Å². The van der Waals surface area contributed by atoms with E-state index in [4.69, 9.17) is 4.74 Å². The number of ether oxygens (including phenoxy) is 1. The van der Waals surface area contributed by atoms with Gasteiger partial charge in [0.1, 0.15) is 0 Å². The van der Waals surface area contributed by atoms with Crippen LogP contribution in [0.3, 0.4) is 0 Å². The van der Waals surface area contributed by atoms with Crippen LogP contribution in [0.2, 0.25) is 0 Å². The first-order valence-electron chi connectivity index (χ1n) is 9.85. The van der Waals surface area contributed by atoms with E-state index in [-0.39, 0.29) is 29.2 Å². The van der Waals surface area contributed by atoms with Crippen molar-refractivity contribution < 1.29 is 22.7 Å². The van der Waals surface area contributed by atoms with E-state index in [0.717, 1.165) is 12.1 Å². The van der Waals surface area contributed by atoms with Crippen molar-refractivity contribution in [1.29, 1.82) is 0 Å². The van der Waals surface area contributed by atoms with E-state index in [9.17, 15) is 18.0 Å². The third-order valence-electron chi connectivity index (χ3n) is 4.28. The van der Waals surface area contributed by atoms with Gasteiger partial charge in [0.25, 0.3) is 0 Å². The van der Waals surface area contributed by atoms with Gasteiger partial charge < -0.3 is 10.1 Å². The molecule has 3 rings (SSSR count). The number of aromatic nitrogens is 3. The lowest BCUT2D eigenvalue weighted by atomic mass is 10.1. The van der Waals surface area contributed by atoms with Crippen LogP contribution in [0.4, 0.5) is 18.9 Å². The quantitative estimate of drug-likeness (QED) is 0.547. The highest BCUT2D eigenvalue weighted by Crippen LogP contribution is 2.33. The Balaban J connectivity index is 2.02. The molecule has 3 aromatic rings. The van der Waals surface area contributed by atoms with Gasteiger partial charge in [0.15, 0.2) is 5.82 Å². The predicted octanol–water partition coefficient (Wildman–Crippen LogP) is 5.34. The fraction of sp³-hybridized carbons (Fsp3) is 0.318. The Bertz CT molecular complexity index is 1060. The van der Waals surface area contributed by atoms with E-state index in [1.165, 1.54) is 16.8 Å². The zero-order valence-electron chi connectivity index (χ0n) is 17.4. The maximum absolute atomic E-state index is 13.2. The highest BCUT2D eigenvalue weighted by Gasteiger charge is 2.31. The molecule has 0 fully saturated rings. The molecular formula is C22H23F3N4O2. The van der Waals surface area contributed by atoms with Crippen molar-refractivity contribution in [3.63, 3.8) is 0 Å². The number of anilines is 1. The normalized spacial score (nSPS) is 11.6. The molecule has 0 unspecified atom stereocenters. The second-order valence-electron chi connectivity index (χ2n) is 7.34. The van der Waals surface area contributed by atoms with E-state index in [2.05, 4.69) is 15.4 Å². The molecular weight excluding hydrogens is 409 g/mol. The minimum atomic E-state index is -4.48. The summed E-state index contributed by atoms with van der Waals surface area (Å²) < 4.78 is 46.3. The molecule has 0 radical (unpaired) electrons. The number of alkyl halides is 3. The number of hydrogen-bond donors (Lipinski definition) is 1. The first kappa shape index (κ1) is 22.3. The molecule has 1 aromatic heterocycles. The van der Waals surface area contributed by atoms with Crippen molar-refractivity contribution >= 4 is 11.6 Å². The van der Waals surface area contributed by atoms with Gasteiger partial charge in [-0.2, -0.15) is 18.2 Å². The third kappa shape index (κ3) is 5.62. The number of halogens is 3. The predicted molar refractivity (Wildman–Crippen MR) is 111 cm³/mol. The Morgan fingerprint density at radius 3 is 2.58 bits per heavy atom. The molecule has 0 saturated heterocycles. The molecule has 31 heavy (non-hydrogen) atoms. The lowest BCUT2D eigenvalue weighted by molar-refractivity contribution is -0.137. The van der Waals surface area contributed by atoms with Crippen LogP contribution in [-0.4, -0.2) is 27.3 Å². The number of carbonyl (C=O) groups excluding carboxylic acids is 1. The Labute approximate surface area is 178 Å². The summed E-state index contributed by atoms with van der Waals surface area (Å²) in [5, 5.41) is 7.12. The molecule has 6 nitrogen and oxygen atoms in total. The number of amides is 1. The molecule has 0 aliphatic heterocycles. The summed E-state index contributed by atoms with van der Waals surface area (Å²) in [5.41, 5.74) is 0.523. The van der Waals surface area contributed by atoms with Crippen LogP contribution in [0.1, 0.15) is 32.8 Å². The molecule has 0 aliphatic rings. The minimum absolute atomic E-state index is 0.0455. The van der Waals surface area contributed by atoms with Crippen LogP contribution in [-0.2, 0) is 11.0 Å². The molecule has 164 valence electrons. The zero-order chi connectivity index (χ0) is 22.6. The molecule has 2 aromatic carbocycles. The zero-order valence-corrected chi connectivity index (χ0v) is 17.4. The van der Waals surface area contributed by atoms with Crippen molar-refractivity contribution in [1.82, 2.24) is 14.8 Å². The van der Waals surface area contributed by atoms with Crippen molar-refractivity contribution in [2.75, 3.05) is 11.9 Å². The molecule has 0 bridgehead atoms. The molecule has 0 spiro atoms. The maximum atomic E-state index is 13.2. The van der Waals surface area contributed by atoms with Gasteiger partial charge in [0, 0.05) is 17.7 Å². The van der Waals surface area contributed by atoms with Crippen molar-refractivity contribution in [2.45, 2.75) is 33.4 Å².